The standard InChI is InChI=1S/C10H7BrF3N3OS3/c11-5-1-2-19-7(5)6(18)3-20-9-17-16-8(21-9)15-4-10(12,13)14/h1-2H,3-4H2,(H,15,16). The number of rotatable bonds is 6. The summed E-state index contributed by atoms with van der Waals surface area (Å²) in [6, 6.07) is 1.78. The number of hydrogen-bond acceptors (Lipinski definition) is 7. The molecule has 4 nitrogen and oxygen atoms in total. The highest BCUT2D eigenvalue weighted by Gasteiger charge is 2.27. The molecule has 0 unspecified atom stereocenters. The Labute approximate surface area is 138 Å². The van der Waals surface area contributed by atoms with E-state index in [9.17, 15) is 18.0 Å². The van der Waals surface area contributed by atoms with Crippen molar-refractivity contribution in [2.24, 2.45) is 0 Å². The first-order valence-electron chi connectivity index (χ1n) is 5.38. The number of alkyl halides is 3. The van der Waals surface area contributed by atoms with Gasteiger partial charge in [-0.05, 0) is 27.4 Å². The second kappa shape index (κ2) is 7.07. The zero-order valence-electron chi connectivity index (χ0n) is 10.1. The molecule has 0 fully saturated rings. The largest absolute Gasteiger partial charge is 0.405 e. The quantitative estimate of drug-likeness (QED) is 0.560. The van der Waals surface area contributed by atoms with Crippen LogP contribution in [-0.4, -0.2) is 34.5 Å². The van der Waals surface area contributed by atoms with Gasteiger partial charge in [-0.15, -0.1) is 21.5 Å². The maximum atomic E-state index is 12.0. The predicted octanol–water partition coefficient (Wildman–Crippen LogP) is 4.31. The van der Waals surface area contributed by atoms with Crippen LogP contribution in [0.1, 0.15) is 9.67 Å². The zero-order valence-corrected chi connectivity index (χ0v) is 14.1. The minimum atomic E-state index is -4.31. The molecule has 0 aliphatic rings. The summed E-state index contributed by atoms with van der Waals surface area (Å²) in [6.07, 6.45) is -4.31. The van der Waals surface area contributed by atoms with E-state index >= 15 is 0 Å². The molecule has 11 heteroatoms. The van der Waals surface area contributed by atoms with Crippen LogP contribution in [0.15, 0.2) is 20.3 Å². The molecule has 21 heavy (non-hydrogen) atoms. The summed E-state index contributed by atoms with van der Waals surface area (Å²) in [7, 11) is 0. The predicted molar refractivity (Wildman–Crippen MR) is 81.5 cm³/mol. The van der Waals surface area contributed by atoms with Crippen molar-refractivity contribution in [2.75, 3.05) is 17.6 Å². The number of thiophene rings is 1. The molecule has 0 radical (unpaired) electrons. The van der Waals surface area contributed by atoms with Crippen molar-refractivity contribution in [3.8, 4) is 0 Å². The van der Waals surface area contributed by atoms with E-state index in [4.69, 9.17) is 0 Å². The Morgan fingerprint density at radius 1 is 1.43 bits per heavy atom. The maximum absolute atomic E-state index is 12.0. The lowest BCUT2D eigenvalue weighted by atomic mass is 10.3. The van der Waals surface area contributed by atoms with Crippen LogP contribution in [0, 0.1) is 0 Å². The second-order valence-electron chi connectivity index (χ2n) is 3.65. The summed E-state index contributed by atoms with van der Waals surface area (Å²) in [6.45, 7) is -1.16. The van der Waals surface area contributed by atoms with Crippen molar-refractivity contribution in [1.29, 1.82) is 0 Å². The lowest BCUT2D eigenvalue weighted by molar-refractivity contribution is -0.115. The van der Waals surface area contributed by atoms with E-state index in [-0.39, 0.29) is 16.7 Å². The summed E-state index contributed by atoms with van der Waals surface area (Å²) >= 11 is 6.74. The number of halogens is 4. The molecule has 2 rings (SSSR count). The number of carbonyl (C=O) groups excluding carboxylic acids is 1. The van der Waals surface area contributed by atoms with Gasteiger partial charge in [-0.3, -0.25) is 4.79 Å². The number of aromatic nitrogens is 2. The molecule has 1 N–H and O–H groups in total. The van der Waals surface area contributed by atoms with E-state index in [1.807, 2.05) is 0 Å². The van der Waals surface area contributed by atoms with Gasteiger partial charge >= 0.3 is 6.18 Å². The van der Waals surface area contributed by atoms with Crippen molar-refractivity contribution in [3.05, 3.63) is 20.8 Å². The van der Waals surface area contributed by atoms with Crippen LogP contribution in [0.4, 0.5) is 18.3 Å². The first-order chi connectivity index (χ1) is 9.85. The molecule has 2 heterocycles. The summed E-state index contributed by atoms with van der Waals surface area (Å²) in [5, 5.41) is 11.4. The number of hydrogen-bond donors (Lipinski definition) is 1. The summed E-state index contributed by atoms with van der Waals surface area (Å²) in [5.74, 6) is 0.0920. The monoisotopic (exact) mass is 417 g/mol. The van der Waals surface area contributed by atoms with E-state index in [2.05, 4.69) is 31.4 Å². The fraction of sp³-hybridized carbons (Fsp3) is 0.300. The van der Waals surface area contributed by atoms with Crippen LogP contribution in [0.5, 0.6) is 0 Å². The van der Waals surface area contributed by atoms with Gasteiger partial charge in [-0.2, -0.15) is 13.2 Å². The average molecular weight is 418 g/mol. The van der Waals surface area contributed by atoms with Crippen molar-refractivity contribution >= 4 is 61.3 Å². The van der Waals surface area contributed by atoms with Gasteiger partial charge in [0.2, 0.25) is 5.13 Å². The Bertz CT molecular complexity index is 628. The van der Waals surface area contributed by atoms with Crippen molar-refractivity contribution in [1.82, 2.24) is 10.2 Å². The van der Waals surface area contributed by atoms with Crippen LogP contribution in [0.25, 0.3) is 0 Å². The van der Waals surface area contributed by atoms with E-state index in [0.29, 0.717) is 9.22 Å². The Hall–Kier alpha value is -0.650. The number of ketones is 1. The number of thioether (sulfide) groups is 1. The number of carbonyl (C=O) groups is 1. The minimum absolute atomic E-state index is 0.0677. The lowest BCUT2D eigenvalue weighted by Crippen LogP contribution is -2.21. The molecule has 0 aliphatic carbocycles. The number of anilines is 1. The molecule has 114 valence electrons. The Morgan fingerprint density at radius 3 is 2.81 bits per heavy atom. The number of nitrogens with one attached hydrogen (secondary N) is 1. The van der Waals surface area contributed by atoms with Crippen molar-refractivity contribution in [3.63, 3.8) is 0 Å². The SMILES string of the molecule is O=C(CSc1nnc(NCC(F)(F)F)s1)c1sccc1Br. The van der Waals surface area contributed by atoms with Gasteiger partial charge in [0, 0.05) is 4.47 Å². The van der Waals surface area contributed by atoms with Gasteiger partial charge in [0.1, 0.15) is 6.54 Å². The first-order valence-corrected chi connectivity index (χ1v) is 8.86. The topological polar surface area (TPSA) is 54.9 Å². The third kappa shape index (κ3) is 5.24. The molecular weight excluding hydrogens is 411 g/mol. The lowest BCUT2D eigenvalue weighted by Gasteiger charge is -2.05. The van der Waals surface area contributed by atoms with Crippen LogP contribution in [0.3, 0.4) is 0 Å². The van der Waals surface area contributed by atoms with Gasteiger partial charge in [0.15, 0.2) is 10.1 Å². The first kappa shape index (κ1) is 16.7. The fourth-order valence-electron chi connectivity index (χ4n) is 1.20. The van der Waals surface area contributed by atoms with Crippen LogP contribution >= 0.6 is 50.4 Å². The molecule has 2 aromatic heterocycles. The normalized spacial score (nSPS) is 11.6. The molecule has 0 bridgehead atoms. The van der Waals surface area contributed by atoms with Gasteiger partial charge in [-0.25, -0.2) is 0 Å². The molecule has 0 amide bonds. The van der Waals surface area contributed by atoms with Crippen molar-refractivity contribution in [2.45, 2.75) is 10.5 Å². The van der Waals surface area contributed by atoms with E-state index < -0.39 is 12.7 Å². The van der Waals surface area contributed by atoms with Gasteiger partial charge in [0.05, 0.1) is 10.6 Å². The number of Topliss-reactive ketones (excluding diaryl/α,β-unsaturated/α-hetero) is 1. The van der Waals surface area contributed by atoms with E-state index in [1.54, 1.807) is 11.4 Å². The van der Waals surface area contributed by atoms with E-state index in [1.165, 1.54) is 11.3 Å². The van der Waals surface area contributed by atoms with Crippen molar-refractivity contribution < 1.29 is 18.0 Å². The maximum Gasteiger partial charge on any atom is 0.405 e. The van der Waals surface area contributed by atoms with E-state index in [0.717, 1.165) is 27.6 Å². The molecule has 0 spiro atoms. The average Bonchev–Trinajstić information content (AvgIpc) is 3.01. The third-order valence-electron chi connectivity index (χ3n) is 2.04. The highest BCUT2D eigenvalue weighted by atomic mass is 79.9. The molecule has 0 saturated heterocycles. The van der Waals surface area contributed by atoms with Gasteiger partial charge < -0.3 is 5.32 Å². The van der Waals surface area contributed by atoms with Gasteiger partial charge in [0.25, 0.3) is 0 Å². The Balaban J connectivity index is 1.86. The van der Waals surface area contributed by atoms with Crippen LogP contribution < -0.4 is 5.32 Å². The Morgan fingerprint density at radius 2 is 2.19 bits per heavy atom. The highest BCUT2D eigenvalue weighted by Crippen LogP contribution is 2.29. The smallest absolute Gasteiger partial charge is 0.351 e. The molecule has 0 saturated carbocycles. The highest BCUT2D eigenvalue weighted by molar-refractivity contribution is 9.10. The molecule has 2 aromatic rings. The molecule has 0 atom stereocenters. The van der Waals surface area contributed by atoms with Gasteiger partial charge in [-0.1, -0.05) is 23.1 Å². The Kier molecular flexibility index (Phi) is 5.63. The molecule has 0 aromatic carbocycles. The second-order valence-corrected chi connectivity index (χ2v) is 7.62. The summed E-state index contributed by atoms with van der Waals surface area (Å²) in [5.41, 5.74) is 0. The molecular formula is C10H7BrF3N3OS3. The summed E-state index contributed by atoms with van der Waals surface area (Å²) < 4.78 is 37.3. The number of nitrogens with zero attached hydrogens (tertiary/aromatic N) is 2. The van der Waals surface area contributed by atoms with Crippen LogP contribution in [0.2, 0.25) is 0 Å². The summed E-state index contributed by atoms with van der Waals surface area (Å²) in [4.78, 5) is 12.5. The van der Waals surface area contributed by atoms with Crippen LogP contribution in [-0.2, 0) is 0 Å². The minimum Gasteiger partial charge on any atom is -0.351 e. The zero-order chi connectivity index (χ0) is 15.5. The molecule has 0 aliphatic heterocycles. The fourth-order valence-corrected chi connectivity index (χ4v) is 4.45. The third-order valence-corrected chi connectivity index (χ3v) is 5.94.